The average molecular weight is 531 g/mol. The van der Waals surface area contributed by atoms with Crippen LogP contribution in [0.15, 0.2) is 36.7 Å². The van der Waals surface area contributed by atoms with Gasteiger partial charge in [-0.2, -0.15) is 0 Å². The van der Waals surface area contributed by atoms with Gasteiger partial charge in [-0.15, -0.1) is 0 Å². The van der Waals surface area contributed by atoms with Crippen molar-refractivity contribution in [2.45, 2.75) is 10.5 Å². The zero-order chi connectivity index (χ0) is 21.4. The second-order valence-electron chi connectivity index (χ2n) is 6.86. The molecule has 0 unspecified atom stereocenters. The van der Waals surface area contributed by atoms with Gasteiger partial charge in [0.1, 0.15) is 0 Å². The van der Waals surface area contributed by atoms with Crippen LogP contribution in [0.4, 0.5) is 15.8 Å². The Labute approximate surface area is 188 Å². The van der Waals surface area contributed by atoms with E-state index in [2.05, 4.69) is 30.4 Å². The third kappa shape index (κ3) is 3.57. The summed E-state index contributed by atoms with van der Waals surface area (Å²) in [6.07, 6.45) is 3.92. The summed E-state index contributed by atoms with van der Waals surface area (Å²) in [5, 5.41) is 6.30. The number of aromatic nitrogens is 2. The van der Waals surface area contributed by atoms with E-state index >= 15 is 0 Å². The zero-order valence-corrected chi connectivity index (χ0v) is 18.5. The summed E-state index contributed by atoms with van der Waals surface area (Å²) in [5.74, 6) is 2.96. The summed E-state index contributed by atoms with van der Waals surface area (Å²) in [7, 11) is 1.41. The van der Waals surface area contributed by atoms with Gasteiger partial charge in [-0.1, -0.05) is 0 Å². The van der Waals surface area contributed by atoms with Gasteiger partial charge in [0.25, 0.3) is 0 Å². The number of hydrogen-bond acceptors (Lipinski definition) is 5. The van der Waals surface area contributed by atoms with Crippen molar-refractivity contribution >= 4 is 17.3 Å². The van der Waals surface area contributed by atoms with Gasteiger partial charge in [0, 0.05) is 0 Å². The molecule has 31 heavy (non-hydrogen) atoms. The zero-order valence-electron chi connectivity index (χ0n) is 16.4. The van der Waals surface area contributed by atoms with Crippen molar-refractivity contribution in [2.24, 2.45) is 0 Å². The Morgan fingerprint density at radius 2 is 2.29 bits per heavy atom. The number of nitrogens with zero attached hydrogens (tertiary/aromatic N) is 1. The molecule has 2 aliphatic rings. The van der Waals surface area contributed by atoms with Crippen molar-refractivity contribution in [2.75, 3.05) is 19.0 Å². The number of anilines is 2. The van der Waals surface area contributed by atoms with Crippen molar-refractivity contribution < 1.29 is 39.9 Å². The monoisotopic (exact) mass is 531 g/mol. The van der Waals surface area contributed by atoms with E-state index in [1.807, 2.05) is 6.07 Å². The fraction of sp³-hybridized carbons (Fsp3) is 0.182. The van der Waals surface area contributed by atoms with E-state index in [1.165, 1.54) is 13.2 Å². The molecule has 1 amide bonds. The molecule has 3 aromatic rings. The molecule has 158 valence electrons. The van der Waals surface area contributed by atoms with Crippen molar-refractivity contribution in [3.63, 3.8) is 0 Å². The number of methoxy groups -OCH3 is 1. The third-order valence-electron chi connectivity index (χ3n) is 5.01. The maximum absolute atomic E-state index is 14.3. The fourth-order valence-corrected chi connectivity index (χ4v) is 5.54. The number of H-pyrrole nitrogens is 1. The number of nitrogens with one attached hydrogen (secondary N) is 3. The predicted octanol–water partition coefficient (Wildman–Crippen LogP) is 0.0223. The molecule has 9 heteroatoms. The summed E-state index contributed by atoms with van der Waals surface area (Å²) in [6.45, 7) is 0.236. The van der Waals surface area contributed by atoms with Crippen LogP contribution < -0.4 is 41.3 Å². The molecule has 1 atom stereocenters. The van der Waals surface area contributed by atoms with E-state index < -0.39 is 27.0 Å². The number of aromatic amines is 1. The van der Waals surface area contributed by atoms with Crippen molar-refractivity contribution in [1.29, 1.82) is 0 Å². The second kappa shape index (κ2) is 8.11. The van der Waals surface area contributed by atoms with E-state index in [4.69, 9.17) is 9.47 Å². The Bertz CT molecular complexity index is 1250. The molecule has 0 aliphatic carbocycles. The summed E-state index contributed by atoms with van der Waals surface area (Å²) < 4.78 is 28.6. The number of ether oxygens (including phenoxy) is 2. The Hall–Kier alpha value is -3.26. The summed E-state index contributed by atoms with van der Waals surface area (Å²) >= 11 is -0.567. The van der Waals surface area contributed by atoms with Gasteiger partial charge in [0.15, 0.2) is 0 Å². The van der Waals surface area contributed by atoms with Gasteiger partial charge in [-0.25, -0.2) is 0 Å². The fourth-order valence-electron chi connectivity index (χ4n) is 3.69. The van der Waals surface area contributed by atoms with Crippen LogP contribution >= 0.6 is 0 Å². The number of amides is 1. The Balaban J connectivity index is 1.72. The standard InChI is InChI=1S/C22H17FIN4O3/c1-30-21-13(23)4-2-5-14(21)26-20-18-15-10-17(28-22(18)29)24-7-3-9-31-16-11-25-8-6-12(16)19(20)27-15/h2,4-6,8,11,17,26-27H,9-10H2,1H3,(H,28,29)/q-1/t17-/m0/s1. The van der Waals surface area contributed by atoms with Crippen LogP contribution in [0.25, 0.3) is 11.3 Å². The summed E-state index contributed by atoms with van der Waals surface area (Å²) in [6, 6.07) is 6.41. The number of fused-ring (bicyclic) bond motifs is 4. The van der Waals surface area contributed by atoms with Crippen LogP contribution in [0, 0.1) is 15.7 Å². The van der Waals surface area contributed by atoms with Crippen molar-refractivity contribution in [1.82, 2.24) is 15.3 Å². The number of para-hydroxylation sites is 1. The minimum atomic E-state index is -0.567. The number of hydrogen-bond donors (Lipinski definition) is 3. The third-order valence-corrected chi connectivity index (χ3v) is 7.21. The maximum atomic E-state index is 14.3. The van der Waals surface area contributed by atoms with Crippen LogP contribution in [0.1, 0.15) is 16.1 Å². The number of pyridine rings is 1. The number of carbonyl (C=O) groups excluding carboxylic acids is 1. The first kappa shape index (κ1) is 19.7. The van der Waals surface area contributed by atoms with Gasteiger partial charge in [0.05, 0.1) is 0 Å². The van der Waals surface area contributed by atoms with E-state index in [1.54, 1.807) is 24.5 Å². The minimum absolute atomic E-state index is 0.00527. The Morgan fingerprint density at radius 1 is 1.39 bits per heavy atom. The molecule has 0 saturated heterocycles. The Morgan fingerprint density at radius 3 is 3.16 bits per heavy atom. The van der Waals surface area contributed by atoms with Gasteiger partial charge >= 0.3 is 188 Å². The molecule has 4 heterocycles. The molecule has 2 aliphatic heterocycles. The van der Waals surface area contributed by atoms with Crippen LogP contribution in [0.2, 0.25) is 0 Å². The molecule has 0 fully saturated rings. The molecule has 7 nitrogen and oxygen atoms in total. The molecule has 2 aromatic heterocycles. The molecule has 3 bridgehead atoms. The quantitative estimate of drug-likeness (QED) is 0.192. The molecule has 0 saturated carbocycles. The number of alkyl halides is 1. The van der Waals surface area contributed by atoms with Crippen molar-refractivity contribution in [3.8, 4) is 32.6 Å². The molecular weight excluding hydrogens is 514 g/mol. The number of rotatable bonds is 3. The molecule has 0 spiro atoms. The SMILES string of the molecule is COc1c(F)cccc1Nc1c2[nH]c3c1C(=O)N[C@@H](C3)[I-]C#CCOc1cnccc1-2. The average Bonchev–Trinajstić information content (AvgIpc) is 3.12. The first-order chi connectivity index (χ1) is 15.2. The van der Waals surface area contributed by atoms with Gasteiger partial charge in [-0.05, 0) is 0 Å². The van der Waals surface area contributed by atoms with Gasteiger partial charge in [-0.3, -0.25) is 0 Å². The van der Waals surface area contributed by atoms with Crippen LogP contribution in [-0.4, -0.2) is 33.6 Å². The first-order valence-electron chi connectivity index (χ1n) is 9.48. The number of carbonyl (C=O) groups is 1. The van der Waals surface area contributed by atoms with E-state index in [0.29, 0.717) is 34.8 Å². The number of halogens is 2. The summed E-state index contributed by atoms with van der Waals surface area (Å²) in [5.41, 5.74) is 3.64. The first-order valence-corrected chi connectivity index (χ1v) is 11.8. The van der Waals surface area contributed by atoms with E-state index in [0.717, 1.165) is 11.3 Å². The predicted molar refractivity (Wildman–Crippen MR) is 108 cm³/mol. The van der Waals surface area contributed by atoms with Gasteiger partial charge in [0.2, 0.25) is 0 Å². The molecule has 1 aromatic carbocycles. The number of benzene rings is 1. The second-order valence-corrected chi connectivity index (χ2v) is 9.53. The van der Waals surface area contributed by atoms with Crippen molar-refractivity contribution in [3.05, 3.63) is 53.7 Å². The van der Waals surface area contributed by atoms with E-state index in [-0.39, 0.29) is 22.3 Å². The summed E-state index contributed by atoms with van der Waals surface area (Å²) in [4.78, 5) is 20.7. The van der Waals surface area contributed by atoms with E-state index in [9.17, 15) is 9.18 Å². The molecule has 5 rings (SSSR count). The van der Waals surface area contributed by atoms with Gasteiger partial charge < -0.3 is 0 Å². The molecule has 0 radical (unpaired) electrons. The topological polar surface area (TPSA) is 88.3 Å². The molecule has 3 N–H and O–H groups in total. The normalized spacial score (nSPS) is 16.8. The van der Waals surface area contributed by atoms with Crippen LogP contribution in [0.5, 0.6) is 11.5 Å². The van der Waals surface area contributed by atoms with Crippen LogP contribution in [-0.2, 0) is 6.42 Å². The van der Waals surface area contributed by atoms with Crippen LogP contribution in [0.3, 0.4) is 0 Å². The Kier molecular flexibility index (Phi) is 5.15. The molecular formula is C22H17FIN4O3-.